The lowest BCUT2D eigenvalue weighted by Gasteiger charge is -2.29. The third-order valence-electron chi connectivity index (χ3n) is 4.33. The molecule has 2 aliphatic rings. The van der Waals surface area contributed by atoms with E-state index in [-0.39, 0.29) is 37.3 Å². The summed E-state index contributed by atoms with van der Waals surface area (Å²) in [5.41, 5.74) is 6.53. The molecule has 1 unspecified atom stereocenters. The second-order valence-electron chi connectivity index (χ2n) is 6.15. The fourth-order valence-electron chi connectivity index (χ4n) is 3.05. The zero-order valence-electron chi connectivity index (χ0n) is 14.1. The Morgan fingerprint density at radius 1 is 1.35 bits per heavy atom. The molecule has 2 heterocycles. The van der Waals surface area contributed by atoms with Gasteiger partial charge in [-0.2, -0.15) is 0 Å². The van der Waals surface area contributed by atoms with Crippen molar-refractivity contribution in [3.8, 4) is 5.75 Å². The summed E-state index contributed by atoms with van der Waals surface area (Å²) >= 11 is 0. The Hall–Kier alpha value is -2.94. The lowest BCUT2D eigenvalue weighted by Crippen LogP contribution is -2.52. The number of carbonyl (C=O) groups is 4. The van der Waals surface area contributed by atoms with Crippen LogP contribution in [0.25, 0.3) is 0 Å². The first-order chi connectivity index (χ1) is 12.5. The average Bonchev–Trinajstić information content (AvgIpc) is 2.94. The normalized spacial score (nSPS) is 19.2. The second-order valence-corrected chi connectivity index (χ2v) is 6.15. The van der Waals surface area contributed by atoms with E-state index >= 15 is 0 Å². The maximum absolute atomic E-state index is 12.6. The summed E-state index contributed by atoms with van der Waals surface area (Å²) in [6, 6.07) is 4.27. The van der Waals surface area contributed by atoms with Crippen LogP contribution in [0.3, 0.4) is 0 Å². The van der Waals surface area contributed by atoms with E-state index in [2.05, 4.69) is 10.6 Å². The number of hydrogen-bond acceptors (Lipinski definition) is 6. The van der Waals surface area contributed by atoms with Crippen LogP contribution in [0.4, 0.5) is 0 Å². The van der Waals surface area contributed by atoms with Crippen molar-refractivity contribution in [2.45, 2.75) is 25.4 Å². The summed E-state index contributed by atoms with van der Waals surface area (Å²) in [4.78, 5) is 48.9. The van der Waals surface area contributed by atoms with E-state index in [4.69, 9.17) is 10.5 Å². The van der Waals surface area contributed by atoms with E-state index in [9.17, 15) is 19.2 Å². The predicted molar refractivity (Wildman–Crippen MR) is 90.0 cm³/mol. The Labute approximate surface area is 149 Å². The quantitative estimate of drug-likeness (QED) is 0.552. The van der Waals surface area contributed by atoms with Crippen LogP contribution in [-0.4, -0.2) is 54.3 Å². The van der Waals surface area contributed by atoms with Gasteiger partial charge in [0.1, 0.15) is 11.8 Å². The zero-order chi connectivity index (χ0) is 18.7. The standard InChI is InChI=1S/C17H20N4O5/c18-5-6-19-15(23)9-26-11-1-2-12-10(7-11)8-21(17(12)25)13-3-4-14(22)20-16(13)24/h1-2,7,13H,3-6,8-9,18H2,(H,19,23)(H,20,22,24). The van der Waals surface area contributed by atoms with Crippen LogP contribution in [0.15, 0.2) is 18.2 Å². The van der Waals surface area contributed by atoms with E-state index in [1.165, 1.54) is 4.90 Å². The van der Waals surface area contributed by atoms with Gasteiger partial charge in [0.25, 0.3) is 11.8 Å². The molecule has 1 fully saturated rings. The molecular weight excluding hydrogens is 340 g/mol. The fourth-order valence-corrected chi connectivity index (χ4v) is 3.05. The topological polar surface area (TPSA) is 131 Å². The first-order valence-electron chi connectivity index (χ1n) is 8.36. The Morgan fingerprint density at radius 2 is 2.15 bits per heavy atom. The van der Waals surface area contributed by atoms with Gasteiger partial charge in [-0.05, 0) is 30.2 Å². The van der Waals surface area contributed by atoms with E-state index in [0.717, 1.165) is 5.56 Å². The van der Waals surface area contributed by atoms with E-state index in [0.29, 0.717) is 30.8 Å². The van der Waals surface area contributed by atoms with Gasteiger partial charge in [0.15, 0.2) is 6.61 Å². The molecule has 4 N–H and O–H groups in total. The molecule has 9 nitrogen and oxygen atoms in total. The number of carbonyl (C=O) groups excluding carboxylic acids is 4. The van der Waals surface area contributed by atoms with Crippen molar-refractivity contribution < 1.29 is 23.9 Å². The monoisotopic (exact) mass is 360 g/mol. The van der Waals surface area contributed by atoms with Gasteiger partial charge in [-0.15, -0.1) is 0 Å². The van der Waals surface area contributed by atoms with Crippen LogP contribution >= 0.6 is 0 Å². The van der Waals surface area contributed by atoms with Crippen LogP contribution in [0, 0.1) is 0 Å². The minimum Gasteiger partial charge on any atom is -0.484 e. The third kappa shape index (κ3) is 3.67. The molecule has 1 aromatic carbocycles. The van der Waals surface area contributed by atoms with Gasteiger partial charge in [0.2, 0.25) is 11.8 Å². The Kier molecular flexibility index (Phi) is 5.17. The highest BCUT2D eigenvalue weighted by molar-refractivity contribution is 6.05. The molecule has 0 aromatic heterocycles. The molecule has 0 bridgehead atoms. The SMILES string of the molecule is NCCNC(=O)COc1ccc2c(c1)CN(C1CCC(=O)NC1=O)C2=O. The maximum Gasteiger partial charge on any atom is 0.257 e. The van der Waals surface area contributed by atoms with Crippen molar-refractivity contribution in [2.75, 3.05) is 19.7 Å². The molecule has 2 aliphatic heterocycles. The van der Waals surface area contributed by atoms with Gasteiger partial charge in [0.05, 0.1) is 0 Å². The predicted octanol–water partition coefficient (Wildman–Crippen LogP) is -1.10. The number of nitrogens with one attached hydrogen (secondary N) is 2. The highest BCUT2D eigenvalue weighted by atomic mass is 16.5. The smallest absolute Gasteiger partial charge is 0.257 e. The number of rotatable bonds is 6. The summed E-state index contributed by atoms with van der Waals surface area (Å²) in [5.74, 6) is -0.835. The van der Waals surface area contributed by atoms with Crippen LogP contribution in [0.5, 0.6) is 5.75 Å². The lowest BCUT2D eigenvalue weighted by molar-refractivity contribution is -0.137. The number of imide groups is 1. The molecule has 0 saturated carbocycles. The summed E-state index contributed by atoms with van der Waals surface area (Å²) in [5, 5.41) is 4.86. The van der Waals surface area contributed by atoms with Gasteiger partial charge in [0, 0.05) is 31.6 Å². The number of hydrogen-bond donors (Lipinski definition) is 3. The Bertz CT molecular complexity index is 764. The number of nitrogens with two attached hydrogens (primary N) is 1. The van der Waals surface area contributed by atoms with Crippen LogP contribution < -0.4 is 21.1 Å². The fraction of sp³-hybridized carbons (Fsp3) is 0.412. The molecule has 26 heavy (non-hydrogen) atoms. The maximum atomic E-state index is 12.6. The summed E-state index contributed by atoms with van der Waals surface area (Å²) in [7, 11) is 0. The molecule has 0 spiro atoms. The van der Waals surface area contributed by atoms with E-state index < -0.39 is 11.9 Å². The van der Waals surface area contributed by atoms with Crippen molar-refractivity contribution >= 4 is 23.6 Å². The summed E-state index contributed by atoms with van der Waals surface area (Å²) in [6.45, 7) is 0.839. The minimum atomic E-state index is -0.654. The molecular formula is C17H20N4O5. The van der Waals surface area contributed by atoms with Crippen molar-refractivity contribution in [1.82, 2.24) is 15.5 Å². The average molecular weight is 360 g/mol. The number of benzene rings is 1. The Morgan fingerprint density at radius 3 is 2.88 bits per heavy atom. The van der Waals surface area contributed by atoms with Crippen molar-refractivity contribution in [3.63, 3.8) is 0 Å². The van der Waals surface area contributed by atoms with Crippen molar-refractivity contribution in [3.05, 3.63) is 29.3 Å². The molecule has 3 rings (SSSR count). The second kappa shape index (κ2) is 7.52. The summed E-state index contributed by atoms with van der Waals surface area (Å²) in [6.07, 6.45) is 0.526. The Balaban J connectivity index is 1.65. The molecule has 138 valence electrons. The van der Waals surface area contributed by atoms with Crippen LogP contribution in [0.1, 0.15) is 28.8 Å². The molecule has 0 aliphatic carbocycles. The highest BCUT2D eigenvalue weighted by Crippen LogP contribution is 2.30. The molecule has 1 saturated heterocycles. The largest absolute Gasteiger partial charge is 0.484 e. The van der Waals surface area contributed by atoms with Crippen LogP contribution in [-0.2, 0) is 20.9 Å². The van der Waals surface area contributed by atoms with Gasteiger partial charge >= 0.3 is 0 Å². The third-order valence-corrected chi connectivity index (χ3v) is 4.33. The van der Waals surface area contributed by atoms with E-state index in [1.54, 1.807) is 18.2 Å². The van der Waals surface area contributed by atoms with Crippen LogP contribution in [0.2, 0.25) is 0 Å². The van der Waals surface area contributed by atoms with Gasteiger partial charge in [-0.3, -0.25) is 24.5 Å². The van der Waals surface area contributed by atoms with Crippen molar-refractivity contribution in [1.29, 1.82) is 0 Å². The van der Waals surface area contributed by atoms with Gasteiger partial charge < -0.3 is 20.7 Å². The number of nitrogens with zero attached hydrogens (tertiary/aromatic N) is 1. The summed E-state index contributed by atoms with van der Waals surface area (Å²) < 4.78 is 5.43. The van der Waals surface area contributed by atoms with Gasteiger partial charge in [-0.1, -0.05) is 0 Å². The minimum absolute atomic E-state index is 0.149. The number of piperidine rings is 1. The van der Waals surface area contributed by atoms with E-state index in [1.807, 2.05) is 0 Å². The number of ether oxygens (including phenoxy) is 1. The number of amides is 4. The molecule has 1 atom stereocenters. The lowest BCUT2D eigenvalue weighted by atomic mass is 10.0. The number of fused-ring (bicyclic) bond motifs is 1. The molecule has 4 amide bonds. The van der Waals surface area contributed by atoms with Crippen molar-refractivity contribution in [2.24, 2.45) is 5.73 Å². The zero-order valence-corrected chi connectivity index (χ0v) is 14.1. The molecule has 0 radical (unpaired) electrons. The molecule has 1 aromatic rings. The highest BCUT2D eigenvalue weighted by Gasteiger charge is 2.39. The first kappa shape index (κ1) is 17.9. The molecule has 9 heteroatoms. The van der Waals surface area contributed by atoms with Gasteiger partial charge in [-0.25, -0.2) is 0 Å². The first-order valence-corrected chi connectivity index (χ1v) is 8.36.